The quantitative estimate of drug-likeness (QED) is 0.808. The SMILES string of the molecule is CC(N)C(=O)Nc1nc(C(C)(C)C)cs1. The lowest BCUT2D eigenvalue weighted by molar-refractivity contribution is -0.117. The summed E-state index contributed by atoms with van der Waals surface area (Å²) in [4.78, 5) is 15.6. The van der Waals surface area contributed by atoms with Gasteiger partial charge in [-0.1, -0.05) is 20.8 Å². The molecule has 0 aliphatic heterocycles. The van der Waals surface area contributed by atoms with Gasteiger partial charge in [0.25, 0.3) is 0 Å². The van der Waals surface area contributed by atoms with Crippen LogP contribution >= 0.6 is 11.3 Å². The number of carbonyl (C=O) groups is 1. The number of rotatable bonds is 2. The van der Waals surface area contributed by atoms with E-state index in [1.807, 2.05) is 5.38 Å². The fourth-order valence-corrected chi connectivity index (χ4v) is 1.83. The molecule has 5 heteroatoms. The molecule has 0 spiro atoms. The topological polar surface area (TPSA) is 68.0 Å². The minimum Gasteiger partial charge on any atom is -0.320 e. The Morgan fingerprint density at radius 3 is 2.60 bits per heavy atom. The van der Waals surface area contributed by atoms with Gasteiger partial charge in [-0.3, -0.25) is 4.79 Å². The molecule has 1 atom stereocenters. The van der Waals surface area contributed by atoms with Crippen LogP contribution in [0.4, 0.5) is 5.13 Å². The smallest absolute Gasteiger partial charge is 0.242 e. The zero-order valence-electron chi connectivity index (χ0n) is 9.50. The van der Waals surface area contributed by atoms with Gasteiger partial charge in [0.2, 0.25) is 5.91 Å². The summed E-state index contributed by atoms with van der Waals surface area (Å²) in [5.74, 6) is -0.204. The van der Waals surface area contributed by atoms with Crippen molar-refractivity contribution < 1.29 is 4.79 Å². The molecule has 0 saturated heterocycles. The molecule has 4 nitrogen and oxygen atoms in total. The molecule has 1 heterocycles. The molecule has 0 bridgehead atoms. The van der Waals surface area contributed by atoms with Gasteiger partial charge in [-0.15, -0.1) is 11.3 Å². The highest BCUT2D eigenvalue weighted by Gasteiger charge is 2.18. The van der Waals surface area contributed by atoms with E-state index < -0.39 is 6.04 Å². The highest BCUT2D eigenvalue weighted by atomic mass is 32.1. The highest BCUT2D eigenvalue weighted by Crippen LogP contribution is 2.26. The van der Waals surface area contributed by atoms with Gasteiger partial charge in [-0.05, 0) is 6.92 Å². The monoisotopic (exact) mass is 227 g/mol. The van der Waals surface area contributed by atoms with Crippen molar-refractivity contribution in [2.75, 3.05) is 5.32 Å². The Morgan fingerprint density at radius 2 is 2.20 bits per heavy atom. The Morgan fingerprint density at radius 1 is 1.60 bits per heavy atom. The molecule has 15 heavy (non-hydrogen) atoms. The average molecular weight is 227 g/mol. The van der Waals surface area contributed by atoms with Gasteiger partial charge < -0.3 is 11.1 Å². The van der Waals surface area contributed by atoms with E-state index in [2.05, 4.69) is 31.1 Å². The Bertz CT molecular complexity index is 352. The normalized spacial score (nSPS) is 13.7. The van der Waals surface area contributed by atoms with Gasteiger partial charge in [0.15, 0.2) is 5.13 Å². The maximum absolute atomic E-state index is 11.3. The molecule has 0 aliphatic rings. The molecule has 1 rings (SSSR count). The number of nitrogens with zero attached hydrogens (tertiary/aromatic N) is 1. The second-order valence-corrected chi connectivity index (χ2v) is 5.42. The Kier molecular flexibility index (Phi) is 3.46. The summed E-state index contributed by atoms with van der Waals surface area (Å²) < 4.78 is 0. The zero-order chi connectivity index (χ0) is 11.6. The molecule has 0 radical (unpaired) electrons. The van der Waals surface area contributed by atoms with E-state index >= 15 is 0 Å². The minimum atomic E-state index is -0.507. The van der Waals surface area contributed by atoms with Gasteiger partial charge in [0.1, 0.15) is 0 Å². The molecule has 3 N–H and O–H groups in total. The van der Waals surface area contributed by atoms with Crippen molar-refractivity contribution in [3.05, 3.63) is 11.1 Å². The summed E-state index contributed by atoms with van der Waals surface area (Å²) in [5.41, 5.74) is 6.43. The minimum absolute atomic E-state index is 0.00775. The predicted octanol–water partition coefficient (Wildman–Crippen LogP) is 1.73. The molecule has 1 aromatic rings. The molecule has 84 valence electrons. The van der Waals surface area contributed by atoms with Gasteiger partial charge in [0.05, 0.1) is 11.7 Å². The van der Waals surface area contributed by atoms with Crippen LogP contribution in [-0.4, -0.2) is 16.9 Å². The van der Waals surface area contributed by atoms with E-state index in [0.717, 1.165) is 5.69 Å². The fraction of sp³-hybridized carbons (Fsp3) is 0.600. The molecule has 1 unspecified atom stereocenters. The van der Waals surface area contributed by atoms with Crippen molar-refractivity contribution in [3.63, 3.8) is 0 Å². The first-order chi connectivity index (χ1) is 6.80. The number of nitrogens with two attached hydrogens (primary N) is 1. The number of carbonyl (C=O) groups excluding carboxylic acids is 1. The van der Waals surface area contributed by atoms with Crippen LogP contribution in [0.5, 0.6) is 0 Å². The molecule has 0 aromatic carbocycles. The van der Waals surface area contributed by atoms with Gasteiger partial charge >= 0.3 is 0 Å². The summed E-state index contributed by atoms with van der Waals surface area (Å²) >= 11 is 1.42. The second-order valence-electron chi connectivity index (χ2n) is 4.57. The van der Waals surface area contributed by atoms with E-state index in [-0.39, 0.29) is 11.3 Å². The Labute approximate surface area is 93.9 Å². The van der Waals surface area contributed by atoms with Crippen LogP contribution in [0.25, 0.3) is 0 Å². The van der Waals surface area contributed by atoms with E-state index in [0.29, 0.717) is 5.13 Å². The van der Waals surface area contributed by atoms with E-state index in [1.54, 1.807) is 6.92 Å². The third-order valence-electron chi connectivity index (χ3n) is 1.92. The predicted molar refractivity (Wildman–Crippen MR) is 63.1 cm³/mol. The fourth-order valence-electron chi connectivity index (χ4n) is 0.895. The molecule has 0 aliphatic carbocycles. The van der Waals surface area contributed by atoms with Crippen molar-refractivity contribution in [1.82, 2.24) is 4.98 Å². The number of nitrogens with one attached hydrogen (secondary N) is 1. The van der Waals surface area contributed by atoms with Crippen molar-refractivity contribution in [1.29, 1.82) is 0 Å². The van der Waals surface area contributed by atoms with Crippen LogP contribution in [-0.2, 0) is 10.2 Å². The third-order valence-corrected chi connectivity index (χ3v) is 2.67. The molecular formula is C10H17N3OS. The lowest BCUT2D eigenvalue weighted by Crippen LogP contribution is -2.32. The van der Waals surface area contributed by atoms with Crippen molar-refractivity contribution in [3.8, 4) is 0 Å². The van der Waals surface area contributed by atoms with Gasteiger partial charge in [-0.25, -0.2) is 4.98 Å². The van der Waals surface area contributed by atoms with Crippen LogP contribution < -0.4 is 11.1 Å². The first kappa shape index (κ1) is 12.1. The highest BCUT2D eigenvalue weighted by molar-refractivity contribution is 7.13. The van der Waals surface area contributed by atoms with E-state index in [1.165, 1.54) is 11.3 Å². The van der Waals surface area contributed by atoms with Crippen molar-refractivity contribution in [2.24, 2.45) is 5.73 Å². The van der Waals surface area contributed by atoms with E-state index in [4.69, 9.17) is 5.73 Å². The number of hydrogen-bond donors (Lipinski definition) is 2. The molecule has 1 amide bonds. The summed E-state index contributed by atoms with van der Waals surface area (Å²) in [6.45, 7) is 7.89. The summed E-state index contributed by atoms with van der Waals surface area (Å²) in [6, 6.07) is -0.507. The maximum atomic E-state index is 11.3. The molecule has 0 fully saturated rings. The number of amides is 1. The number of hydrogen-bond acceptors (Lipinski definition) is 4. The van der Waals surface area contributed by atoms with Gasteiger partial charge in [-0.2, -0.15) is 0 Å². The largest absolute Gasteiger partial charge is 0.320 e. The van der Waals surface area contributed by atoms with Crippen LogP contribution in [0.15, 0.2) is 5.38 Å². The Balaban J connectivity index is 2.73. The molecule has 1 aromatic heterocycles. The summed E-state index contributed by atoms with van der Waals surface area (Å²) in [5, 5.41) is 5.25. The lowest BCUT2D eigenvalue weighted by Gasteiger charge is -2.14. The average Bonchev–Trinajstić information content (AvgIpc) is 2.51. The van der Waals surface area contributed by atoms with Crippen molar-refractivity contribution in [2.45, 2.75) is 39.2 Å². The summed E-state index contributed by atoms with van der Waals surface area (Å²) in [6.07, 6.45) is 0. The number of aromatic nitrogens is 1. The third kappa shape index (κ3) is 3.28. The zero-order valence-corrected chi connectivity index (χ0v) is 10.3. The van der Waals surface area contributed by atoms with Crippen LogP contribution in [0.1, 0.15) is 33.4 Å². The molecule has 0 saturated carbocycles. The van der Waals surface area contributed by atoms with Gasteiger partial charge in [0, 0.05) is 10.8 Å². The lowest BCUT2D eigenvalue weighted by atomic mass is 9.93. The number of anilines is 1. The first-order valence-electron chi connectivity index (χ1n) is 4.83. The first-order valence-corrected chi connectivity index (χ1v) is 5.71. The van der Waals surface area contributed by atoms with Crippen molar-refractivity contribution >= 4 is 22.4 Å². The second kappa shape index (κ2) is 4.28. The van der Waals surface area contributed by atoms with Crippen LogP contribution in [0, 0.1) is 0 Å². The summed E-state index contributed by atoms with van der Waals surface area (Å²) in [7, 11) is 0. The Hall–Kier alpha value is -0.940. The standard InChI is InChI=1S/C10H17N3OS/c1-6(11)8(14)13-9-12-7(5-15-9)10(2,3)4/h5-6H,11H2,1-4H3,(H,12,13,14). The molecular weight excluding hydrogens is 210 g/mol. The van der Waals surface area contributed by atoms with E-state index in [9.17, 15) is 4.79 Å². The van der Waals surface area contributed by atoms with Crippen LogP contribution in [0.2, 0.25) is 0 Å². The maximum Gasteiger partial charge on any atom is 0.242 e. The number of thiazole rings is 1. The van der Waals surface area contributed by atoms with Crippen LogP contribution in [0.3, 0.4) is 0 Å².